The van der Waals surface area contributed by atoms with Crippen molar-refractivity contribution in [3.8, 4) is 0 Å². The zero-order chi connectivity index (χ0) is 9.45. The van der Waals surface area contributed by atoms with Crippen LogP contribution in [-0.4, -0.2) is 7.38 Å². The van der Waals surface area contributed by atoms with E-state index in [2.05, 4.69) is 20.0 Å². The highest BCUT2D eigenvalue weighted by atomic mass is 35.6. The molecule has 82 valence electrons. The van der Waals surface area contributed by atoms with Crippen molar-refractivity contribution in [2.75, 3.05) is 0 Å². The van der Waals surface area contributed by atoms with Gasteiger partial charge in [0.25, 0.3) is 0 Å². The van der Waals surface area contributed by atoms with Gasteiger partial charge in [-0.25, -0.2) is 0 Å². The average molecular weight is 227 g/mol. The Hall–Kier alpha value is 0.437. The van der Waals surface area contributed by atoms with Gasteiger partial charge in [-0.15, -0.1) is 0 Å². The molecular formula is C10H24ClFSi. The predicted molar refractivity (Wildman–Crippen MR) is 64.0 cm³/mol. The molecule has 0 rings (SSSR count). The van der Waals surface area contributed by atoms with Crippen molar-refractivity contribution >= 4 is 18.5 Å². The van der Waals surface area contributed by atoms with Crippen molar-refractivity contribution in [2.24, 2.45) is 0 Å². The molecule has 0 aliphatic heterocycles. The number of unbranched alkanes of at least 4 members (excludes halogenated alkanes) is 5. The highest BCUT2D eigenvalue weighted by Gasteiger charge is 2.15. The molecule has 0 unspecified atom stereocenters. The van der Waals surface area contributed by atoms with Gasteiger partial charge in [0.05, 0.1) is 0 Å². The third-order valence-corrected chi connectivity index (χ3v) is 4.23. The Morgan fingerprint density at radius 3 is 1.85 bits per heavy atom. The second-order valence-corrected chi connectivity index (χ2v) is 11.2. The summed E-state index contributed by atoms with van der Waals surface area (Å²) >= 11 is 6.21. The smallest absolute Gasteiger partial charge is 0.150 e. The van der Waals surface area contributed by atoms with Crippen molar-refractivity contribution < 1.29 is 4.70 Å². The van der Waals surface area contributed by atoms with E-state index in [1.807, 2.05) is 0 Å². The molecule has 3 heteroatoms. The van der Waals surface area contributed by atoms with Crippen LogP contribution >= 0.6 is 11.1 Å². The minimum atomic E-state index is -1.25. The molecule has 0 aliphatic rings. The van der Waals surface area contributed by atoms with E-state index in [-0.39, 0.29) is 4.70 Å². The largest absolute Gasteiger partial charge is 0.269 e. The maximum atomic E-state index is 6.21. The van der Waals surface area contributed by atoms with Crippen LogP contribution in [0.1, 0.15) is 45.4 Å². The van der Waals surface area contributed by atoms with Gasteiger partial charge in [0, 0.05) is 0 Å². The topological polar surface area (TPSA) is 0 Å². The summed E-state index contributed by atoms with van der Waals surface area (Å²) in [6.45, 7) is 6.73. The number of hydrogen-bond acceptors (Lipinski definition) is 0. The van der Waals surface area contributed by atoms with Crippen LogP contribution in [0.3, 0.4) is 0 Å². The van der Waals surface area contributed by atoms with Crippen molar-refractivity contribution in [3.63, 3.8) is 0 Å². The fraction of sp³-hybridized carbons (Fsp3) is 1.00. The molecule has 0 saturated heterocycles. The van der Waals surface area contributed by atoms with E-state index in [0.29, 0.717) is 0 Å². The molecule has 0 aromatic rings. The van der Waals surface area contributed by atoms with Gasteiger partial charge in [-0.1, -0.05) is 58.5 Å². The summed E-state index contributed by atoms with van der Waals surface area (Å²) < 4.78 is 0. The van der Waals surface area contributed by atoms with Gasteiger partial charge < -0.3 is 0 Å². The lowest BCUT2D eigenvalue weighted by atomic mass is 10.1. The summed E-state index contributed by atoms with van der Waals surface area (Å²) in [6, 6.07) is 1.29. The fourth-order valence-corrected chi connectivity index (χ4v) is 2.82. The second-order valence-electron chi connectivity index (χ2n) is 4.24. The molecule has 0 atom stereocenters. The first-order valence-corrected chi connectivity index (χ1v) is 9.47. The average Bonchev–Trinajstić information content (AvgIpc) is 1.94. The molecule has 0 aromatic carbocycles. The van der Waals surface area contributed by atoms with Gasteiger partial charge in [-0.3, -0.25) is 4.70 Å². The standard InChI is InChI=1S/C10H23ClSi.FH/c1-4-5-6-7-8-9-10-12(2,3)11;/h4-10H2,1-3H3;1H. The van der Waals surface area contributed by atoms with Crippen LogP contribution in [0.2, 0.25) is 19.1 Å². The summed E-state index contributed by atoms with van der Waals surface area (Å²) in [5.74, 6) is 0. The van der Waals surface area contributed by atoms with Gasteiger partial charge in [0.2, 0.25) is 0 Å². The van der Waals surface area contributed by atoms with E-state index < -0.39 is 7.38 Å². The van der Waals surface area contributed by atoms with E-state index in [1.54, 1.807) is 0 Å². The van der Waals surface area contributed by atoms with Crippen molar-refractivity contribution in [2.45, 2.75) is 64.6 Å². The molecule has 0 saturated carbocycles. The Labute approximate surface area is 88.1 Å². The number of rotatable bonds is 7. The molecule has 0 aromatic heterocycles. The van der Waals surface area contributed by atoms with Crippen LogP contribution in [0.4, 0.5) is 4.70 Å². The summed E-state index contributed by atoms with van der Waals surface area (Å²) in [5, 5.41) is 0. The Morgan fingerprint density at radius 1 is 0.923 bits per heavy atom. The first kappa shape index (κ1) is 15.9. The zero-order valence-electron chi connectivity index (χ0n) is 9.24. The molecule has 0 spiro atoms. The summed E-state index contributed by atoms with van der Waals surface area (Å²) in [6.07, 6.45) is 8.32. The highest BCUT2D eigenvalue weighted by molar-refractivity contribution is 7.19. The van der Waals surface area contributed by atoms with Gasteiger partial charge in [0.15, 0.2) is 0 Å². The number of hydrogen-bond donors (Lipinski definition) is 0. The van der Waals surface area contributed by atoms with Crippen LogP contribution in [0.15, 0.2) is 0 Å². The van der Waals surface area contributed by atoms with Gasteiger partial charge in [-0.2, -0.15) is 11.1 Å². The highest BCUT2D eigenvalue weighted by Crippen LogP contribution is 2.18. The monoisotopic (exact) mass is 226 g/mol. The molecule has 0 nitrogen and oxygen atoms in total. The normalized spacial score (nSPS) is 11.1. The van der Waals surface area contributed by atoms with Gasteiger partial charge in [-0.05, 0) is 6.04 Å². The van der Waals surface area contributed by atoms with Crippen molar-refractivity contribution in [1.29, 1.82) is 0 Å². The summed E-state index contributed by atoms with van der Waals surface area (Å²) in [5.41, 5.74) is 0. The molecule has 0 amide bonds. The van der Waals surface area contributed by atoms with E-state index in [9.17, 15) is 0 Å². The van der Waals surface area contributed by atoms with Crippen LogP contribution in [0, 0.1) is 0 Å². The molecule has 0 aliphatic carbocycles. The first-order chi connectivity index (χ1) is 5.56. The van der Waals surface area contributed by atoms with Crippen LogP contribution in [0.25, 0.3) is 0 Å². The third-order valence-electron chi connectivity index (χ3n) is 2.12. The Balaban J connectivity index is 0. The van der Waals surface area contributed by atoms with Crippen LogP contribution in [-0.2, 0) is 0 Å². The minimum absolute atomic E-state index is 0. The third kappa shape index (κ3) is 15.2. The van der Waals surface area contributed by atoms with E-state index in [0.717, 1.165) is 0 Å². The lowest BCUT2D eigenvalue weighted by molar-refractivity contribution is 0.623. The Morgan fingerprint density at radius 2 is 1.38 bits per heavy atom. The first-order valence-electron chi connectivity index (χ1n) is 5.25. The maximum absolute atomic E-state index is 6.21. The summed E-state index contributed by atoms with van der Waals surface area (Å²) in [7, 11) is -1.25. The quantitative estimate of drug-likeness (QED) is 0.328. The van der Waals surface area contributed by atoms with Crippen molar-refractivity contribution in [1.82, 2.24) is 0 Å². The molecule has 0 fully saturated rings. The summed E-state index contributed by atoms with van der Waals surface area (Å²) in [4.78, 5) is 0. The second kappa shape index (κ2) is 9.01. The molecule has 0 heterocycles. The Bertz CT molecular complexity index is 102. The Kier molecular flexibility index (Phi) is 11.0. The SMILES string of the molecule is CCCCCCCC[Si](C)(C)Cl.F. The number of halogens is 2. The van der Waals surface area contributed by atoms with E-state index in [1.165, 1.54) is 44.6 Å². The van der Waals surface area contributed by atoms with Crippen LogP contribution < -0.4 is 0 Å². The molecule has 13 heavy (non-hydrogen) atoms. The minimum Gasteiger partial charge on any atom is -0.269 e. The van der Waals surface area contributed by atoms with E-state index >= 15 is 0 Å². The molecule has 0 radical (unpaired) electrons. The lowest BCUT2D eigenvalue weighted by Crippen LogP contribution is -2.14. The van der Waals surface area contributed by atoms with Crippen molar-refractivity contribution in [3.05, 3.63) is 0 Å². The van der Waals surface area contributed by atoms with Crippen LogP contribution in [0.5, 0.6) is 0 Å². The molecule has 0 N–H and O–H groups in total. The fourth-order valence-electron chi connectivity index (χ4n) is 1.33. The predicted octanol–water partition coefficient (Wildman–Crippen LogP) is 4.94. The van der Waals surface area contributed by atoms with E-state index in [4.69, 9.17) is 11.1 Å². The van der Waals surface area contributed by atoms with Gasteiger partial charge in [0.1, 0.15) is 7.38 Å². The molecular weight excluding hydrogens is 203 g/mol. The van der Waals surface area contributed by atoms with Gasteiger partial charge >= 0.3 is 0 Å². The molecule has 0 bridgehead atoms. The maximum Gasteiger partial charge on any atom is 0.150 e. The lowest BCUT2D eigenvalue weighted by Gasteiger charge is -2.11. The zero-order valence-corrected chi connectivity index (χ0v) is 11.0.